The van der Waals surface area contributed by atoms with Gasteiger partial charge in [-0.1, -0.05) is 6.07 Å². The van der Waals surface area contributed by atoms with Crippen LogP contribution in [0, 0.1) is 0 Å². The lowest BCUT2D eigenvalue weighted by molar-refractivity contribution is -0.360. The van der Waals surface area contributed by atoms with Gasteiger partial charge >= 0.3 is 43.2 Å². The molecule has 0 spiro atoms. The summed E-state index contributed by atoms with van der Waals surface area (Å²) in [6, 6.07) is -0.994. The largest absolute Gasteiger partial charge is 0.489 e. The van der Waals surface area contributed by atoms with Gasteiger partial charge < -0.3 is 15.8 Å². The molecule has 172 valence electrons. The molecule has 0 amide bonds. The van der Waals surface area contributed by atoms with Gasteiger partial charge in [-0.3, -0.25) is 0 Å². The van der Waals surface area contributed by atoms with E-state index in [1.54, 1.807) is 0 Å². The zero-order valence-corrected chi connectivity index (χ0v) is 13.5. The molecule has 1 aromatic carbocycles. The topological polar surface area (TPSA) is 66.5 Å². The maximum atomic E-state index is 14.0. The molecular formula is C12H6BF14NO2. The van der Waals surface area contributed by atoms with Gasteiger partial charge in [-0.05, 0) is 6.07 Å². The van der Waals surface area contributed by atoms with Gasteiger partial charge in [-0.2, -0.15) is 61.5 Å². The summed E-state index contributed by atoms with van der Waals surface area (Å²) in [6.45, 7) is 0. The van der Waals surface area contributed by atoms with E-state index in [0.717, 1.165) is 0 Å². The molecule has 0 aliphatic heterocycles. The quantitative estimate of drug-likeness (QED) is 0.349. The maximum Gasteiger partial charge on any atom is 0.489 e. The zero-order chi connectivity index (χ0) is 24.3. The van der Waals surface area contributed by atoms with Crippen molar-refractivity contribution >= 4 is 18.3 Å². The van der Waals surface area contributed by atoms with E-state index < -0.39 is 77.6 Å². The first kappa shape index (κ1) is 26.1. The van der Waals surface area contributed by atoms with Crippen LogP contribution < -0.4 is 11.2 Å². The van der Waals surface area contributed by atoms with Crippen LogP contribution in [0.25, 0.3) is 0 Å². The van der Waals surface area contributed by atoms with Gasteiger partial charge in [0.2, 0.25) is 0 Å². The highest BCUT2D eigenvalue weighted by atomic mass is 19.4. The molecule has 0 bridgehead atoms. The zero-order valence-electron chi connectivity index (χ0n) is 13.5. The summed E-state index contributed by atoms with van der Waals surface area (Å²) < 4.78 is 183. The van der Waals surface area contributed by atoms with Crippen molar-refractivity contribution in [3.05, 3.63) is 23.3 Å². The summed E-state index contributed by atoms with van der Waals surface area (Å²) in [6.07, 6.45) is -14.2. The molecule has 0 atom stereocenters. The minimum atomic E-state index is -7.15. The van der Waals surface area contributed by atoms with Gasteiger partial charge in [0.25, 0.3) is 0 Å². The number of anilines is 1. The van der Waals surface area contributed by atoms with E-state index in [-0.39, 0.29) is 0 Å². The molecule has 4 N–H and O–H groups in total. The van der Waals surface area contributed by atoms with Gasteiger partial charge in [0, 0.05) is 16.7 Å². The van der Waals surface area contributed by atoms with Gasteiger partial charge in [0.15, 0.2) is 0 Å². The molecule has 18 heteroatoms. The monoisotopic (exact) mass is 473 g/mol. The molecule has 0 radical (unpaired) electrons. The van der Waals surface area contributed by atoms with Crippen molar-refractivity contribution in [3.63, 3.8) is 0 Å². The second-order valence-electron chi connectivity index (χ2n) is 5.66. The lowest BCUT2D eigenvalue weighted by Gasteiger charge is -2.34. The average molecular weight is 473 g/mol. The summed E-state index contributed by atoms with van der Waals surface area (Å²) in [5, 5.41) is 17.9. The van der Waals surface area contributed by atoms with Crippen molar-refractivity contribution in [2.24, 2.45) is 0 Å². The number of benzene rings is 1. The first-order chi connectivity index (χ1) is 13.0. The first-order valence-electron chi connectivity index (χ1n) is 6.90. The number of nitrogen functional groups attached to an aromatic ring is 1. The van der Waals surface area contributed by atoms with E-state index in [0.29, 0.717) is 0 Å². The van der Waals surface area contributed by atoms with Crippen LogP contribution in [0.5, 0.6) is 0 Å². The van der Waals surface area contributed by atoms with Crippen LogP contribution in [0.4, 0.5) is 67.2 Å². The van der Waals surface area contributed by atoms with E-state index >= 15 is 0 Å². The van der Waals surface area contributed by atoms with Crippen LogP contribution in [0.2, 0.25) is 0 Å². The van der Waals surface area contributed by atoms with Gasteiger partial charge in [0.1, 0.15) is 0 Å². The smallest absolute Gasteiger partial charge is 0.423 e. The molecule has 0 aromatic heterocycles. The van der Waals surface area contributed by atoms with Crippen molar-refractivity contribution in [1.82, 2.24) is 0 Å². The lowest BCUT2D eigenvalue weighted by atomic mass is 9.69. The third-order valence-corrected chi connectivity index (χ3v) is 3.69. The SMILES string of the molecule is Nc1ccc(C(F)(F)C(F)(F)C(F)(F)F)c(B(O)O)c1C(F)(F)C(F)(F)C(F)(F)F. The van der Waals surface area contributed by atoms with Crippen LogP contribution in [0.1, 0.15) is 11.1 Å². The summed E-state index contributed by atoms with van der Waals surface area (Å²) in [4.78, 5) is 0. The second kappa shape index (κ2) is 7.03. The Morgan fingerprint density at radius 2 is 1.00 bits per heavy atom. The normalized spacial score (nSPS) is 14.8. The predicted octanol–water partition coefficient (Wildman–Crippen LogP) is 3.53. The molecule has 0 saturated carbocycles. The van der Waals surface area contributed by atoms with Gasteiger partial charge in [-0.25, -0.2) is 0 Å². The number of rotatable bonds is 5. The third-order valence-electron chi connectivity index (χ3n) is 3.69. The van der Waals surface area contributed by atoms with Crippen molar-refractivity contribution in [3.8, 4) is 0 Å². The van der Waals surface area contributed by atoms with Crippen LogP contribution in [0.3, 0.4) is 0 Å². The number of nitrogens with two attached hydrogens (primary N) is 1. The highest BCUT2D eigenvalue weighted by Crippen LogP contribution is 2.55. The third kappa shape index (κ3) is 3.63. The Morgan fingerprint density at radius 1 is 0.633 bits per heavy atom. The molecule has 0 aliphatic carbocycles. The fourth-order valence-corrected chi connectivity index (χ4v) is 2.21. The molecule has 0 unspecified atom stereocenters. The van der Waals surface area contributed by atoms with E-state index in [9.17, 15) is 61.5 Å². The average Bonchev–Trinajstić information content (AvgIpc) is 2.51. The lowest BCUT2D eigenvalue weighted by Crippen LogP contribution is -2.57. The maximum absolute atomic E-state index is 14.0. The van der Waals surface area contributed by atoms with E-state index in [2.05, 4.69) is 0 Å². The van der Waals surface area contributed by atoms with E-state index in [1.807, 2.05) is 0 Å². The fraction of sp³-hybridized carbons (Fsp3) is 0.500. The minimum Gasteiger partial charge on any atom is -0.423 e. The van der Waals surface area contributed by atoms with Crippen molar-refractivity contribution in [1.29, 1.82) is 0 Å². The Morgan fingerprint density at radius 3 is 1.33 bits per heavy atom. The Labute approximate surface area is 156 Å². The molecule has 30 heavy (non-hydrogen) atoms. The fourth-order valence-electron chi connectivity index (χ4n) is 2.21. The van der Waals surface area contributed by atoms with Crippen LogP contribution in [-0.2, 0) is 11.8 Å². The minimum absolute atomic E-state index is 0.405. The van der Waals surface area contributed by atoms with Crippen LogP contribution in [0.15, 0.2) is 12.1 Å². The highest BCUT2D eigenvalue weighted by molar-refractivity contribution is 6.60. The van der Waals surface area contributed by atoms with Crippen LogP contribution in [-0.4, -0.2) is 41.4 Å². The Bertz CT molecular complexity index is 801. The van der Waals surface area contributed by atoms with Crippen molar-refractivity contribution in [2.75, 3.05) is 5.73 Å². The summed E-state index contributed by atoms with van der Waals surface area (Å²) in [7, 11) is -3.96. The number of halogens is 14. The Hall–Kier alpha value is -1.98. The highest BCUT2D eigenvalue weighted by Gasteiger charge is 2.76. The molecule has 0 heterocycles. The summed E-state index contributed by atoms with van der Waals surface area (Å²) in [5.74, 6) is -27.6. The van der Waals surface area contributed by atoms with Gasteiger partial charge in [-0.15, -0.1) is 0 Å². The standard InChI is InChI=1S/C12H6BF14NO2/c14-7(15,9(18,19)11(22,23)24)3-1-2-4(28)5(6(3)13(29)30)8(16,17)10(20,21)12(25,26)27/h1-2,29-30H,28H2. The Balaban J connectivity index is 4.06. The van der Waals surface area contributed by atoms with E-state index in [1.165, 1.54) is 0 Å². The van der Waals surface area contributed by atoms with Crippen molar-refractivity contribution in [2.45, 2.75) is 36.0 Å². The number of hydrogen-bond donors (Lipinski definition) is 3. The van der Waals surface area contributed by atoms with E-state index in [4.69, 9.17) is 15.8 Å². The molecule has 3 nitrogen and oxygen atoms in total. The molecule has 1 rings (SSSR count). The molecule has 1 aromatic rings. The molecule has 0 saturated heterocycles. The summed E-state index contributed by atoms with van der Waals surface area (Å²) >= 11 is 0. The van der Waals surface area contributed by atoms with Gasteiger partial charge in [0.05, 0.1) is 5.56 Å². The number of hydrogen-bond acceptors (Lipinski definition) is 3. The molecule has 0 aliphatic rings. The predicted molar refractivity (Wildman–Crippen MR) is 70.5 cm³/mol. The Kier molecular flexibility index (Phi) is 6.11. The molecular weight excluding hydrogens is 467 g/mol. The van der Waals surface area contributed by atoms with Crippen LogP contribution >= 0.6 is 0 Å². The first-order valence-corrected chi connectivity index (χ1v) is 6.90. The number of alkyl halides is 14. The van der Waals surface area contributed by atoms with Crippen molar-refractivity contribution < 1.29 is 71.5 Å². The summed E-state index contributed by atoms with van der Waals surface area (Å²) in [5.41, 5.74) is -6.28. The molecule has 0 fully saturated rings. The second-order valence-corrected chi connectivity index (χ2v) is 5.66.